The first kappa shape index (κ1) is 14.3. The fraction of sp³-hybridized carbons (Fsp3) is 0.600. The van der Waals surface area contributed by atoms with Crippen LogP contribution < -0.4 is 5.32 Å². The topological polar surface area (TPSA) is 64.4 Å². The Hall–Kier alpha value is -1.69. The quantitative estimate of drug-likeness (QED) is 0.667. The molecular formula is C15H19FN2O3. The average Bonchev–Trinajstić information content (AvgIpc) is 2.35. The second kappa shape index (κ2) is 5.26. The van der Waals surface area contributed by atoms with E-state index in [1.807, 2.05) is 6.92 Å². The van der Waals surface area contributed by atoms with E-state index in [9.17, 15) is 14.5 Å². The Morgan fingerprint density at radius 3 is 2.86 bits per heavy atom. The van der Waals surface area contributed by atoms with E-state index in [4.69, 9.17) is 4.74 Å². The van der Waals surface area contributed by atoms with Crippen molar-refractivity contribution in [1.82, 2.24) is 0 Å². The summed E-state index contributed by atoms with van der Waals surface area (Å²) < 4.78 is 19.1. The molecule has 2 aliphatic rings. The van der Waals surface area contributed by atoms with Crippen LogP contribution in [0.2, 0.25) is 0 Å². The number of nitro groups is 1. The molecule has 2 aliphatic carbocycles. The Labute approximate surface area is 122 Å². The highest BCUT2D eigenvalue weighted by molar-refractivity contribution is 5.62. The Kier molecular flexibility index (Phi) is 3.57. The number of rotatable bonds is 5. The predicted octanol–water partition coefficient (Wildman–Crippen LogP) is 3.49. The largest absolute Gasteiger partial charge is 0.378 e. The molecule has 114 valence electrons. The number of nitrogens with one attached hydrogen (secondary N) is 1. The van der Waals surface area contributed by atoms with E-state index < -0.39 is 10.7 Å². The summed E-state index contributed by atoms with van der Waals surface area (Å²) in [4.78, 5) is 10.6. The van der Waals surface area contributed by atoms with Crippen LogP contribution in [0.15, 0.2) is 18.2 Å². The van der Waals surface area contributed by atoms with E-state index in [1.54, 1.807) is 0 Å². The van der Waals surface area contributed by atoms with Crippen LogP contribution in [0.3, 0.4) is 0 Å². The highest BCUT2D eigenvalue weighted by Gasteiger charge is 2.59. The number of hydrogen-bond donors (Lipinski definition) is 1. The van der Waals surface area contributed by atoms with Gasteiger partial charge in [-0.05, 0) is 32.3 Å². The van der Waals surface area contributed by atoms with Crippen molar-refractivity contribution in [3.05, 3.63) is 34.1 Å². The lowest BCUT2D eigenvalue weighted by molar-refractivity contribution is -0.384. The van der Waals surface area contributed by atoms with Gasteiger partial charge in [-0.3, -0.25) is 10.1 Å². The van der Waals surface area contributed by atoms with Crippen molar-refractivity contribution >= 4 is 11.4 Å². The maximum atomic E-state index is 13.4. The molecule has 0 heterocycles. The standard InChI is InChI=1S/C15H19FN2O3/c1-2-21-14-9-13(15(14)6-3-7-15)17-11-8-10(16)4-5-12(11)18(19)20/h4-5,8,13-14,17H,2-3,6-7,9H2,1H3. The molecule has 2 saturated carbocycles. The molecule has 3 rings (SSSR count). The summed E-state index contributed by atoms with van der Waals surface area (Å²) in [6.45, 7) is 2.66. The van der Waals surface area contributed by atoms with Crippen molar-refractivity contribution in [2.75, 3.05) is 11.9 Å². The van der Waals surface area contributed by atoms with Gasteiger partial charge in [-0.25, -0.2) is 4.39 Å². The number of nitro benzene ring substituents is 1. The Morgan fingerprint density at radius 2 is 2.29 bits per heavy atom. The fourth-order valence-electron chi connectivity index (χ4n) is 3.61. The third-order valence-corrected chi connectivity index (χ3v) is 4.92. The van der Waals surface area contributed by atoms with E-state index in [1.165, 1.54) is 12.1 Å². The van der Waals surface area contributed by atoms with Crippen LogP contribution in [0.1, 0.15) is 32.6 Å². The number of anilines is 1. The summed E-state index contributed by atoms with van der Waals surface area (Å²) in [5.74, 6) is -0.466. The molecular weight excluding hydrogens is 275 g/mol. The first-order valence-corrected chi connectivity index (χ1v) is 7.39. The lowest BCUT2D eigenvalue weighted by Crippen LogP contribution is -2.64. The van der Waals surface area contributed by atoms with Crippen LogP contribution in [0.4, 0.5) is 15.8 Å². The summed E-state index contributed by atoms with van der Waals surface area (Å²) in [5, 5.41) is 14.2. The molecule has 0 bridgehead atoms. The first-order valence-electron chi connectivity index (χ1n) is 7.39. The smallest absolute Gasteiger partial charge is 0.292 e. The Balaban J connectivity index is 1.79. The lowest BCUT2D eigenvalue weighted by Gasteiger charge is -2.61. The van der Waals surface area contributed by atoms with Crippen LogP contribution in [0.5, 0.6) is 0 Å². The van der Waals surface area contributed by atoms with Gasteiger partial charge in [-0.2, -0.15) is 0 Å². The lowest BCUT2D eigenvalue weighted by atomic mass is 9.51. The van der Waals surface area contributed by atoms with Crippen molar-refractivity contribution in [2.45, 2.75) is 44.8 Å². The molecule has 1 aromatic carbocycles. The first-order chi connectivity index (χ1) is 10.1. The molecule has 2 unspecified atom stereocenters. The van der Waals surface area contributed by atoms with E-state index in [0.717, 1.165) is 31.7 Å². The number of benzene rings is 1. The van der Waals surface area contributed by atoms with Gasteiger partial charge in [-0.15, -0.1) is 0 Å². The van der Waals surface area contributed by atoms with E-state index in [0.29, 0.717) is 6.61 Å². The van der Waals surface area contributed by atoms with Crippen LogP contribution in [-0.4, -0.2) is 23.7 Å². The molecule has 2 fully saturated rings. The number of ether oxygens (including phenoxy) is 1. The van der Waals surface area contributed by atoms with Gasteiger partial charge in [0.1, 0.15) is 11.5 Å². The monoisotopic (exact) mass is 294 g/mol. The maximum Gasteiger partial charge on any atom is 0.292 e. The summed E-state index contributed by atoms with van der Waals surface area (Å²) in [6.07, 6.45) is 4.34. The van der Waals surface area contributed by atoms with E-state index in [-0.39, 0.29) is 28.9 Å². The zero-order chi connectivity index (χ0) is 15.0. The summed E-state index contributed by atoms with van der Waals surface area (Å²) in [6, 6.07) is 3.66. The number of halogens is 1. The highest BCUT2D eigenvalue weighted by atomic mass is 19.1. The molecule has 0 radical (unpaired) electrons. The van der Waals surface area contributed by atoms with Crippen molar-refractivity contribution < 1.29 is 14.1 Å². The SMILES string of the molecule is CCOC1CC(Nc2cc(F)ccc2[N+](=O)[O-])C12CCC2. The van der Waals surface area contributed by atoms with Crippen LogP contribution in [0.25, 0.3) is 0 Å². The van der Waals surface area contributed by atoms with Gasteiger partial charge >= 0.3 is 0 Å². The zero-order valence-corrected chi connectivity index (χ0v) is 12.0. The van der Waals surface area contributed by atoms with Crippen LogP contribution >= 0.6 is 0 Å². The number of nitrogens with zero attached hydrogens (tertiary/aromatic N) is 1. The molecule has 2 atom stereocenters. The second-order valence-electron chi connectivity index (χ2n) is 5.88. The van der Waals surface area contributed by atoms with Gasteiger partial charge in [0.15, 0.2) is 0 Å². The van der Waals surface area contributed by atoms with Gasteiger partial charge in [-0.1, -0.05) is 6.42 Å². The molecule has 0 aliphatic heterocycles. The Bertz CT molecular complexity index is 560. The molecule has 5 nitrogen and oxygen atoms in total. The minimum atomic E-state index is -0.478. The zero-order valence-electron chi connectivity index (χ0n) is 12.0. The van der Waals surface area contributed by atoms with Crippen LogP contribution in [-0.2, 0) is 4.74 Å². The minimum absolute atomic E-state index is 0.0780. The van der Waals surface area contributed by atoms with Crippen molar-refractivity contribution in [3.8, 4) is 0 Å². The van der Waals surface area contributed by atoms with Crippen molar-refractivity contribution in [2.24, 2.45) is 5.41 Å². The van der Waals surface area contributed by atoms with Gasteiger partial charge in [0, 0.05) is 30.2 Å². The third-order valence-electron chi connectivity index (χ3n) is 4.92. The maximum absolute atomic E-state index is 13.4. The van der Waals surface area contributed by atoms with E-state index >= 15 is 0 Å². The molecule has 1 aromatic rings. The highest BCUT2D eigenvalue weighted by Crippen LogP contribution is 2.58. The molecule has 21 heavy (non-hydrogen) atoms. The van der Waals surface area contributed by atoms with Gasteiger partial charge in [0.25, 0.3) is 5.69 Å². The number of hydrogen-bond acceptors (Lipinski definition) is 4. The molecule has 0 amide bonds. The van der Waals surface area contributed by atoms with Gasteiger partial charge in [0.2, 0.25) is 0 Å². The third kappa shape index (κ3) is 2.27. The minimum Gasteiger partial charge on any atom is -0.378 e. The van der Waals surface area contributed by atoms with Crippen molar-refractivity contribution in [3.63, 3.8) is 0 Å². The Morgan fingerprint density at radius 1 is 1.52 bits per heavy atom. The van der Waals surface area contributed by atoms with Crippen molar-refractivity contribution in [1.29, 1.82) is 0 Å². The average molecular weight is 294 g/mol. The molecule has 0 saturated heterocycles. The molecule has 0 aromatic heterocycles. The molecule has 6 heteroatoms. The normalized spacial score (nSPS) is 26.0. The second-order valence-corrected chi connectivity index (χ2v) is 5.88. The van der Waals surface area contributed by atoms with Gasteiger partial charge < -0.3 is 10.1 Å². The summed E-state index contributed by atoms with van der Waals surface area (Å²) in [7, 11) is 0. The summed E-state index contributed by atoms with van der Waals surface area (Å²) in [5.41, 5.74) is 0.271. The fourth-order valence-corrected chi connectivity index (χ4v) is 3.61. The summed E-state index contributed by atoms with van der Waals surface area (Å²) >= 11 is 0. The predicted molar refractivity (Wildman–Crippen MR) is 76.8 cm³/mol. The molecule has 1 spiro atoms. The molecule has 1 N–H and O–H groups in total. The van der Waals surface area contributed by atoms with Gasteiger partial charge in [0.05, 0.1) is 11.0 Å². The van der Waals surface area contributed by atoms with Crippen LogP contribution in [0, 0.1) is 21.3 Å². The van der Waals surface area contributed by atoms with E-state index in [2.05, 4.69) is 5.32 Å².